The Bertz CT molecular complexity index is 771. The van der Waals surface area contributed by atoms with Crippen LogP contribution < -0.4 is 25.4 Å². The molecule has 28 heavy (non-hydrogen) atoms. The SMILES string of the molecule is CCOc1ccc(NC(=NC)NCCNC(=O)c2cccnc2)cc1OC.I. The number of hydrogen-bond acceptors (Lipinski definition) is 5. The van der Waals surface area contributed by atoms with E-state index in [2.05, 4.69) is 25.9 Å². The van der Waals surface area contributed by atoms with E-state index in [-0.39, 0.29) is 29.9 Å². The Kier molecular flexibility index (Phi) is 10.7. The molecule has 1 heterocycles. The second-order valence-corrected chi connectivity index (χ2v) is 5.42. The molecular formula is C19H26IN5O3. The molecule has 2 aromatic rings. The molecule has 8 nitrogen and oxygen atoms in total. The molecule has 0 aliphatic carbocycles. The highest BCUT2D eigenvalue weighted by molar-refractivity contribution is 14.0. The average molecular weight is 499 g/mol. The third-order valence-electron chi connectivity index (χ3n) is 3.58. The van der Waals surface area contributed by atoms with E-state index in [0.717, 1.165) is 5.69 Å². The minimum absolute atomic E-state index is 0. The number of amides is 1. The highest BCUT2D eigenvalue weighted by Gasteiger charge is 2.07. The molecule has 0 bridgehead atoms. The summed E-state index contributed by atoms with van der Waals surface area (Å²) >= 11 is 0. The quantitative estimate of drug-likeness (QED) is 0.224. The highest BCUT2D eigenvalue weighted by Crippen LogP contribution is 2.30. The molecule has 1 aromatic heterocycles. The van der Waals surface area contributed by atoms with Crippen molar-refractivity contribution in [2.75, 3.05) is 39.2 Å². The van der Waals surface area contributed by atoms with Crippen LogP contribution in [0.1, 0.15) is 17.3 Å². The summed E-state index contributed by atoms with van der Waals surface area (Å²) in [5.41, 5.74) is 1.34. The van der Waals surface area contributed by atoms with Crippen LogP contribution in [0, 0.1) is 0 Å². The zero-order valence-corrected chi connectivity index (χ0v) is 18.5. The molecule has 0 fully saturated rings. The van der Waals surface area contributed by atoms with E-state index in [4.69, 9.17) is 9.47 Å². The van der Waals surface area contributed by atoms with Gasteiger partial charge in [0.2, 0.25) is 0 Å². The first-order valence-corrected chi connectivity index (χ1v) is 8.64. The van der Waals surface area contributed by atoms with Gasteiger partial charge in [-0.15, -0.1) is 24.0 Å². The van der Waals surface area contributed by atoms with Crippen LogP contribution in [0.4, 0.5) is 5.69 Å². The maximum Gasteiger partial charge on any atom is 0.252 e. The summed E-state index contributed by atoms with van der Waals surface area (Å²) in [4.78, 5) is 20.1. The van der Waals surface area contributed by atoms with Crippen LogP contribution in [0.2, 0.25) is 0 Å². The van der Waals surface area contributed by atoms with Gasteiger partial charge in [0.05, 0.1) is 19.3 Å². The van der Waals surface area contributed by atoms with Crippen molar-refractivity contribution < 1.29 is 14.3 Å². The maximum atomic E-state index is 12.0. The van der Waals surface area contributed by atoms with Crippen LogP contribution in [-0.4, -0.2) is 50.7 Å². The number of hydrogen-bond donors (Lipinski definition) is 3. The number of anilines is 1. The first-order valence-electron chi connectivity index (χ1n) is 8.64. The van der Waals surface area contributed by atoms with Crippen molar-refractivity contribution in [1.82, 2.24) is 15.6 Å². The van der Waals surface area contributed by atoms with Crippen molar-refractivity contribution in [3.8, 4) is 11.5 Å². The Morgan fingerprint density at radius 3 is 2.61 bits per heavy atom. The maximum absolute atomic E-state index is 12.0. The van der Waals surface area contributed by atoms with Gasteiger partial charge in [-0.25, -0.2) is 0 Å². The van der Waals surface area contributed by atoms with E-state index < -0.39 is 0 Å². The zero-order chi connectivity index (χ0) is 19.5. The molecule has 9 heteroatoms. The van der Waals surface area contributed by atoms with Gasteiger partial charge in [-0.05, 0) is 31.2 Å². The number of nitrogens with one attached hydrogen (secondary N) is 3. The van der Waals surface area contributed by atoms with Crippen molar-refractivity contribution in [3.63, 3.8) is 0 Å². The number of nitrogens with zero attached hydrogens (tertiary/aromatic N) is 2. The van der Waals surface area contributed by atoms with E-state index in [1.807, 2.05) is 25.1 Å². The van der Waals surface area contributed by atoms with Crippen molar-refractivity contribution >= 4 is 41.5 Å². The number of halogens is 1. The zero-order valence-electron chi connectivity index (χ0n) is 16.2. The molecule has 2 rings (SSSR count). The predicted molar refractivity (Wildman–Crippen MR) is 121 cm³/mol. The van der Waals surface area contributed by atoms with Crippen LogP contribution >= 0.6 is 24.0 Å². The largest absolute Gasteiger partial charge is 0.493 e. The number of methoxy groups -OCH3 is 1. The predicted octanol–water partition coefficient (Wildman–Crippen LogP) is 2.52. The summed E-state index contributed by atoms with van der Waals surface area (Å²) in [6, 6.07) is 9.00. The Morgan fingerprint density at radius 2 is 1.96 bits per heavy atom. The number of ether oxygens (including phenoxy) is 2. The smallest absolute Gasteiger partial charge is 0.252 e. The normalized spacial score (nSPS) is 10.5. The summed E-state index contributed by atoms with van der Waals surface area (Å²) in [5.74, 6) is 1.74. The molecule has 0 aliphatic heterocycles. The minimum Gasteiger partial charge on any atom is -0.493 e. The number of rotatable bonds is 8. The number of pyridine rings is 1. The van der Waals surface area contributed by atoms with Crippen LogP contribution in [0.3, 0.4) is 0 Å². The van der Waals surface area contributed by atoms with Crippen LogP contribution in [-0.2, 0) is 0 Å². The standard InChI is InChI=1S/C19H25N5O3.HI/c1-4-27-16-8-7-15(12-17(16)26-3)24-19(20-2)23-11-10-22-18(25)14-6-5-9-21-13-14;/h5-9,12-13H,4,10-11H2,1-3H3,(H,22,25)(H2,20,23,24);1H. The van der Waals surface area contributed by atoms with E-state index in [1.54, 1.807) is 32.5 Å². The van der Waals surface area contributed by atoms with Gasteiger partial charge in [-0.3, -0.25) is 14.8 Å². The van der Waals surface area contributed by atoms with Crippen LogP contribution in [0.25, 0.3) is 0 Å². The van der Waals surface area contributed by atoms with Gasteiger partial charge in [-0.2, -0.15) is 0 Å². The van der Waals surface area contributed by atoms with Crippen molar-refractivity contribution in [1.29, 1.82) is 0 Å². The monoisotopic (exact) mass is 499 g/mol. The number of guanidine groups is 1. The molecule has 1 aromatic carbocycles. The number of aliphatic imine (C=N–C) groups is 1. The topological polar surface area (TPSA) is 96.9 Å². The van der Waals surface area contributed by atoms with Crippen LogP contribution in [0.15, 0.2) is 47.7 Å². The van der Waals surface area contributed by atoms with E-state index in [9.17, 15) is 4.79 Å². The van der Waals surface area contributed by atoms with Gasteiger partial charge >= 0.3 is 0 Å². The Labute approximate surface area is 182 Å². The second-order valence-electron chi connectivity index (χ2n) is 5.42. The molecule has 0 saturated carbocycles. The summed E-state index contributed by atoms with van der Waals surface area (Å²) < 4.78 is 10.9. The van der Waals surface area contributed by atoms with Gasteiger partial charge in [0, 0.05) is 44.3 Å². The fourth-order valence-corrected chi connectivity index (χ4v) is 2.29. The average Bonchev–Trinajstić information content (AvgIpc) is 2.71. The highest BCUT2D eigenvalue weighted by atomic mass is 127. The fraction of sp³-hybridized carbons (Fsp3) is 0.316. The molecular weight excluding hydrogens is 473 g/mol. The molecule has 0 spiro atoms. The van der Waals surface area contributed by atoms with Gasteiger partial charge < -0.3 is 25.4 Å². The molecule has 3 N–H and O–H groups in total. The Hall–Kier alpha value is -2.56. The Balaban J connectivity index is 0.00000392. The molecule has 0 radical (unpaired) electrons. The lowest BCUT2D eigenvalue weighted by Crippen LogP contribution is -2.37. The van der Waals surface area contributed by atoms with E-state index in [0.29, 0.717) is 42.7 Å². The number of benzene rings is 1. The lowest BCUT2D eigenvalue weighted by Gasteiger charge is -2.14. The van der Waals surface area contributed by atoms with E-state index >= 15 is 0 Å². The number of carbonyl (C=O) groups excluding carboxylic acids is 1. The van der Waals surface area contributed by atoms with Gasteiger partial charge in [-0.1, -0.05) is 0 Å². The summed E-state index contributed by atoms with van der Waals surface area (Å²) in [5, 5.41) is 9.13. The third-order valence-corrected chi connectivity index (χ3v) is 3.58. The minimum atomic E-state index is -0.163. The third kappa shape index (κ3) is 7.22. The fourth-order valence-electron chi connectivity index (χ4n) is 2.29. The number of aromatic nitrogens is 1. The molecule has 0 atom stereocenters. The second kappa shape index (κ2) is 12.8. The molecule has 0 aliphatic rings. The van der Waals surface area contributed by atoms with E-state index in [1.165, 1.54) is 6.20 Å². The van der Waals surface area contributed by atoms with Gasteiger partial charge in [0.25, 0.3) is 5.91 Å². The summed E-state index contributed by atoms with van der Waals surface area (Å²) in [7, 11) is 3.27. The number of carbonyl (C=O) groups is 1. The summed E-state index contributed by atoms with van der Waals surface area (Å²) in [6.45, 7) is 3.45. The molecule has 1 amide bonds. The molecule has 0 unspecified atom stereocenters. The summed E-state index contributed by atoms with van der Waals surface area (Å²) in [6.07, 6.45) is 3.16. The Morgan fingerprint density at radius 1 is 1.18 bits per heavy atom. The van der Waals surface area contributed by atoms with Gasteiger partial charge in [0.1, 0.15) is 0 Å². The molecule has 0 saturated heterocycles. The lowest BCUT2D eigenvalue weighted by atomic mass is 10.2. The first-order chi connectivity index (χ1) is 13.2. The van der Waals surface area contributed by atoms with Gasteiger partial charge in [0.15, 0.2) is 17.5 Å². The molecule has 152 valence electrons. The van der Waals surface area contributed by atoms with Crippen molar-refractivity contribution in [3.05, 3.63) is 48.3 Å². The van der Waals surface area contributed by atoms with Crippen molar-refractivity contribution in [2.45, 2.75) is 6.92 Å². The first kappa shape index (κ1) is 23.5. The lowest BCUT2D eigenvalue weighted by molar-refractivity contribution is 0.0954. The van der Waals surface area contributed by atoms with Crippen molar-refractivity contribution in [2.24, 2.45) is 4.99 Å². The van der Waals surface area contributed by atoms with Crippen LogP contribution in [0.5, 0.6) is 11.5 Å².